The highest BCUT2D eigenvalue weighted by molar-refractivity contribution is 7.10. The Kier molecular flexibility index (Phi) is 6.62. The Morgan fingerprint density at radius 2 is 1.81 bits per heavy atom. The summed E-state index contributed by atoms with van der Waals surface area (Å²) in [5.41, 5.74) is 0.450. The summed E-state index contributed by atoms with van der Waals surface area (Å²) in [4.78, 5) is 3.32. The van der Waals surface area contributed by atoms with Gasteiger partial charge < -0.3 is 0 Å². The van der Waals surface area contributed by atoms with Gasteiger partial charge in [-0.25, -0.2) is 13.2 Å². The van der Waals surface area contributed by atoms with E-state index in [0.29, 0.717) is 35.7 Å². The molecule has 0 amide bonds. The van der Waals surface area contributed by atoms with E-state index in [1.54, 1.807) is 0 Å². The van der Waals surface area contributed by atoms with Gasteiger partial charge in [0.1, 0.15) is 23.4 Å². The Morgan fingerprint density at radius 3 is 2.41 bits per heavy atom. The molecule has 0 radical (unpaired) electrons. The molecule has 166 valence electrons. The number of benzene rings is 2. The lowest BCUT2D eigenvalue weighted by Crippen LogP contribution is -2.50. The molecular formula is C25H22ClF3N2S. The molecule has 1 aliphatic heterocycles. The van der Waals surface area contributed by atoms with Crippen molar-refractivity contribution in [1.82, 2.24) is 4.90 Å². The highest BCUT2D eigenvalue weighted by Gasteiger charge is 2.39. The molecule has 1 saturated heterocycles. The summed E-state index contributed by atoms with van der Waals surface area (Å²) in [6.45, 7) is 2.89. The maximum atomic E-state index is 15.3. The van der Waals surface area contributed by atoms with Gasteiger partial charge in [0, 0.05) is 40.9 Å². The molecule has 2 nitrogen and oxygen atoms in total. The Balaban J connectivity index is 1.45. The second kappa shape index (κ2) is 9.27. The van der Waals surface area contributed by atoms with Gasteiger partial charge >= 0.3 is 0 Å². The molecule has 2 aromatic carbocycles. The van der Waals surface area contributed by atoms with Crippen molar-refractivity contribution in [2.75, 3.05) is 13.1 Å². The van der Waals surface area contributed by atoms with E-state index in [9.17, 15) is 14.0 Å². The normalized spacial score (nSPS) is 17.4. The first-order valence-corrected chi connectivity index (χ1v) is 11.6. The largest absolute Gasteiger partial charge is 0.291 e. The number of likely N-dealkylation sites (tertiary alicyclic amines) is 1. The maximum Gasteiger partial charge on any atom is 0.126 e. The fourth-order valence-corrected chi connectivity index (χ4v) is 5.64. The quantitative estimate of drug-likeness (QED) is 0.371. The zero-order valence-electron chi connectivity index (χ0n) is 17.5. The van der Waals surface area contributed by atoms with Gasteiger partial charge in [0.05, 0.1) is 11.6 Å². The Bertz CT molecular complexity index is 1110. The first-order chi connectivity index (χ1) is 15.2. The van der Waals surface area contributed by atoms with Crippen LogP contribution in [-0.4, -0.2) is 23.7 Å². The van der Waals surface area contributed by atoms with E-state index in [2.05, 4.69) is 11.0 Å². The molecule has 4 rings (SSSR count). The van der Waals surface area contributed by atoms with E-state index in [1.807, 2.05) is 35.7 Å². The molecule has 1 fully saturated rings. The summed E-state index contributed by atoms with van der Waals surface area (Å²) in [7, 11) is 0. The van der Waals surface area contributed by atoms with Crippen molar-refractivity contribution >= 4 is 22.9 Å². The molecule has 3 aromatic rings. The average Bonchev–Trinajstić information content (AvgIpc) is 3.15. The molecule has 32 heavy (non-hydrogen) atoms. The monoisotopic (exact) mass is 474 g/mol. The Labute approximate surface area is 194 Å². The summed E-state index contributed by atoms with van der Waals surface area (Å²) in [6.07, 6.45) is 0.276. The lowest BCUT2D eigenvalue weighted by Gasteiger charge is -2.46. The minimum Gasteiger partial charge on any atom is -0.291 e. The lowest BCUT2D eigenvalue weighted by atomic mass is 9.83. The molecule has 0 bridgehead atoms. The fraction of sp³-hybridized carbons (Fsp3) is 0.320. The van der Waals surface area contributed by atoms with Gasteiger partial charge in [0.25, 0.3) is 0 Å². The van der Waals surface area contributed by atoms with Gasteiger partial charge in [-0.15, -0.1) is 11.3 Å². The number of alkyl halides is 1. The Morgan fingerprint density at radius 1 is 1.16 bits per heavy atom. The standard InChI is InChI=1S/C25H22ClF3N2S/c1-25(29,10-16-6-21(27)9-22(28)7-16)11-18-13-31(14-18)24(19-2-4-20(26)5-3-19)23-8-17(12-30)15-32-23/h2-9,15,18,24H,10-11,13-14H2,1H3. The van der Waals surface area contributed by atoms with E-state index in [0.717, 1.165) is 16.5 Å². The number of hydrogen-bond acceptors (Lipinski definition) is 3. The molecular weight excluding hydrogens is 453 g/mol. The highest BCUT2D eigenvalue weighted by Crippen LogP contribution is 2.40. The fourth-order valence-electron chi connectivity index (χ4n) is 4.52. The molecule has 0 aliphatic carbocycles. The average molecular weight is 475 g/mol. The van der Waals surface area contributed by atoms with Gasteiger partial charge in [0.2, 0.25) is 0 Å². The third-order valence-corrected chi connectivity index (χ3v) is 7.00. The van der Waals surface area contributed by atoms with Crippen LogP contribution in [0.25, 0.3) is 0 Å². The molecule has 0 spiro atoms. The van der Waals surface area contributed by atoms with Gasteiger partial charge in [-0.1, -0.05) is 23.7 Å². The second-order valence-electron chi connectivity index (χ2n) is 8.70. The van der Waals surface area contributed by atoms with E-state index in [1.165, 1.54) is 30.4 Å². The predicted molar refractivity (Wildman–Crippen MR) is 122 cm³/mol. The number of nitrogens with zero attached hydrogens (tertiary/aromatic N) is 2. The van der Waals surface area contributed by atoms with Crippen LogP contribution in [0.15, 0.2) is 53.9 Å². The lowest BCUT2D eigenvalue weighted by molar-refractivity contribution is 0.0246. The minimum atomic E-state index is -1.57. The molecule has 1 aromatic heterocycles. The van der Waals surface area contributed by atoms with Crippen molar-refractivity contribution in [2.45, 2.75) is 31.5 Å². The van der Waals surface area contributed by atoms with Crippen LogP contribution in [0.2, 0.25) is 5.02 Å². The van der Waals surface area contributed by atoms with Crippen LogP contribution in [-0.2, 0) is 6.42 Å². The zero-order valence-corrected chi connectivity index (χ0v) is 19.1. The molecule has 0 saturated carbocycles. The van der Waals surface area contributed by atoms with Crippen LogP contribution < -0.4 is 0 Å². The topological polar surface area (TPSA) is 27.0 Å². The maximum absolute atomic E-state index is 15.3. The van der Waals surface area contributed by atoms with E-state index < -0.39 is 17.3 Å². The first kappa shape index (κ1) is 22.8. The Hall–Kier alpha value is -2.33. The minimum absolute atomic E-state index is 0.0289. The van der Waals surface area contributed by atoms with Crippen LogP contribution >= 0.6 is 22.9 Å². The molecule has 1 aliphatic rings. The zero-order chi connectivity index (χ0) is 22.9. The molecule has 7 heteroatoms. The van der Waals surface area contributed by atoms with Crippen molar-refractivity contribution in [3.05, 3.63) is 92.1 Å². The van der Waals surface area contributed by atoms with Crippen LogP contribution in [0, 0.1) is 28.9 Å². The van der Waals surface area contributed by atoms with Crippen LogP contribution in [0.1, 0.15) is 41.0 Å². The van der Waals surface area contributed by atoms with Gasteiger partial charge in [-0.3, -0.25) is 4.90 Å². The van der Waals surface area contributed by atoms with Crippen molar-refractivity contribution in [3.8, 4) is 6.07 Å². The predicted octanol–water partition coefficient (Wildman–Crippen LogP) is 6.93. The van der Waals surface area contributed by atoms with Crippen molar-refractivity contribution in [3.63, 3.8) is 0 Å². The van der Waals surface area contributed by atoms with E-state index in [-0.39, 0.29) is 18.4 Å². The van der Waals surface area contributed by atoms with Crippen LogP contribution in [0.3, 0.4) is 0 Å². The molecule has 2 heterocycles. The third-order valence-electron chi connectivity index (χ3n) is 5.76. The van der Waals surface area contributed by atoms with Gasteiger partial charge in [-0.2, -0.15) is 5.26 Å². The van der Waals surface area contributed by atoms with Gasteiger partial charge in [0.15, 0.2) is 0 Å². The molecule has 2 unspecified atom stereocenters. The van der Waals surface area contributed by atoms with Crippen LogP contribution in [0.5, 0.6) is 0 Å². The summed E-state index contributed by atoms with van der Waals surface area (Å²) >= 11 is 7.59. The highest BCUT2D eigenvalue weighted by atomic mass is 35.5. The molecule has 2 atom stereocenters. The summed E-state index contributed by atoms with van der Waals surface area (Å²) in [6, 6.07) is 14.9. The SMILES string of the molecule is CC(F)(Cc1cc(F)cc(F)c1)CC1CN(C(c2ccc(Cl)cc2)c2cc(C#N)cs2)C1. The number of nitriles is 1. The van der Waals surface area contributed by atoms with Crippen molar-refractivity contribution < 1.29 is 13.2 Å². The van der Waals surface area contributed by atoms with Crippen molar-refractivity contribution in [2.24, 2.45) is 5.92 Å². The smallest absolute Gasteiger partial charge is 0.126 e. The van der Waals surface area contributed by atoms with E-state index in [4.69, 9.17) is 11.6 Å². The van der Waals surface area contributed by atoms with Gasteiger partial charge in [-0.05, 0) is 60.7 Å². The first-order valence-electron chi connectivity index (χ1n) is 10.3. The number of halogens is 4. The summed E-state index contributed by atoms with van der Waals surface area (Å²) in [5, 5.41) is 11.7. The second-order valence-corrected chi connectivity index (χ2v) is 10.1. The third kappa shape index (κ3) is 5.35. The summed E-state index contributed by atoms with van der Waals surface area (Å²) < 4.78 is 42.2. The van der Waals surface area contributed by atoms with E-state index >= 15 is 4.39 Å². The number of hydrogen-bond donors (Lipinski definition) is 0. The number of thiophene rings is 1. The summed E-state index contributed by atoms with van der Waals surface area (Å²) in [5.74, 6) is -1.25. The number of rotatable bonds is 7. The van der Waals surface area contributed by atoms with Crippen molar-refractivity contribution in [1.29, 1.82) is 5.26 Å². The molecule has 0 N–H and O–H groups in total. The van der Waals surface area contributed by atoms with Crippen LogP contribution in [0.4, 0.5) is 13.2 Å².